The van der Waals surface area contributed by atoms with Crippen molar-refractivity contribution in [3.05, 3.63) is 0 Å². The third-order valence-corrected chi connectivity index (χ3v) is 11.1. The summed E-state index contributed by atoms with van der Waals surface area (Å²) < 4.78 is 0. The first-order chi connectivity index (χ1) is 14.5. The molecule has 0 heterocycles. The number of fused-ring (bicyclic) bond motifs is 5. The molecule has 0 bridgehead atoms. The number of aliphatic hydroxyl groups is 4. The van der Waals surface area contributed by atoms with Gasteiger partial charge in [0, 0.05) is 6.61 Å². The maximum Gasteiger partial charge on any atom is 0.0653 e. The second kappa shape index (κ2) is 8.56. The van der Waals surface area contributed by atoms with E-state index >= 15 is 0 Å². The van der Waals surface area contributed by atoms with Gasteiger partial charge in [-0.05, 0) is 117 Å². The molecular weight excluding hydrogens is 388 g/mol. The van der Waals surface area contributed by atoms with Crippen LogP contribution < -0.4 is 0 Å². The molecule has 4 nitrogen and oxygen atoms in total. The third-order valence-electron chi connectivity index (χ3n) is 11.1. The fourth-order valence-electron chi connectivity index (χ4n) is 9.37. The standard InChI is InChI=1S/C27H48O4/c1-17(16-28)6-5-11-27(4,31)24-8-7-20-19-15-23(30)22-14-18(29)9-12-25(22,2)21(19)10-13-26(20,24)3/h17-24,28-31H,5-16H2,1-4H3/t17?,18-,19-,20-,21-,22+,23-,24-,25+,26-,27-/m0/s1. The highest BCUT2D eigenvalue weighted by molar-refractivity contribution is 5.13. The van der Waals surface area contributed by atoms with Crippen LogP contribution in [0.3, 0.4) is 0 Å². The SMILES string of the molecule is CC(CO)CCC[C@](C)(O)[C@H]1CC[C@H]2[C@@H]3C[C@H](O)[C@H]4C[C@@H](O)CC[C@]4(C)[C@H]3CC[C@@]21C. The van der Waals surface area contributed by atoms with Crippen LogP contribution in [0, 0.1) is 46.3 Å². The van der Waals surface area contributed by atoms with Gasteiger partial charge in [0.2, 0.25) is 0 Å². The summed E-state index contributed by atoms with van der Waals surface area (Å²) in [6, 6.07) is 0. The van der Waals surface area contributed by atoms with Gasteiger partial charge in [-0.15, -0.1) is 0 Å². The highest BCUT2D eigenvalue weighted by Crippen LogP contribution is 2.68. The molecule has 4 rings (SSSR count). The molecule has 180 valence electrons. The van der Waals surface area contributed by atoms with Crippen LogP contribution in [-0.2, 0) is 0 Å². The van der Waals surface area contributed by atoms with Crippen molar-refractivity contribution in [2.45, 2.75) is 116 Å². The molecule has 1 unspecified atom stereocenters. The fourth-order valence-corrected chi connectivity index (χ4v) is 9.37. The third kappa shape index (κ3) is 4.02. The molecule has 4 aliphatic rings. The molecule has 0 spiro atoms. The average molecular weight is 437 g/mol. The van der Waals surface area contributed by atoms with Crippen molar-refractivity contribution in [2.75, 3.05) is 6.61 Å². The van der Waals surface area contributed by atoms with Gasteiger partial charge in [-0.3, -0.25) is 0 Å². The number of hydrogen-bond acceptors (Lipinski definition) is 4. The summed E-state index contributed by atoms with van der Waals surface area (Å²) >= 11 is 0. The lowest BCUT2D eigenvalue weighted by Crippen LogP contribution is -2.59. The minimum atomic E-state index is -0.653. The van der Waals surface area contributed by atoms with Gasteiger partial charge in [-0.1, -0.05) is 27.2 Å². The van der Waals surface area contributed by atoms with E-state index in [1.54, 1.807) is 0 Å². The van der Waals surface area contributed by atoms with E-state index in [2.05, 4.69) is 27.7 Å². The van der Waals surface area contributed by atoms with Crippen molar-refractivity contribution >= 4 is 0 Å². The predicted molar refractivity (Wildman–Crippen MR) is 123 cm³/mol. The van der Waals surface area contributed by atoms with Crippen LogP contribution >= 0.6 is 0 Å². The molecule has 31 heavy (non-hydrogen) atoms. The molecular formula is C27H48O4. The first-order valence-electron chi connectivity index (χ1n) is 13.2. The van der Waals surface area contributed by atoms with Crippen LogP contribution in [0.4, 0.5) is 0 Å². The first-order valence-corrected chi connectivity index (χ1v) is 13.2. The normalized spacial score (nSPS) is 50.1. The second-order valence-electron chi connectivity index (χ2n) is 12.9. The Morgan fingerprint density at radius 2 is 1.61 bits per heavy atom. The van der Waals surface area contributed by atoms with Crippen molar-refractivity contribution in [1.29, 1.82) is 0 Å². The Hall–Kier alpha value is -0.160. The summed E-state index contributed by atoms with van der Waals surface area (Å²) in [7, 11) is 0. The fraction of sp³-hybridized carbons (Fsp3) is 1.00. The second-order valence-corrected chi connectivity index (χ2v) is 12.9. The van der Waals surface area contributed by atoms with Gasteiger partial charge >= 0.3 is 0 Å². The summed E-state index contributed by atoms with van der Waals surface area (Å²) in [5, 5.41) is 42.3. The minimum absolute atomic E-state index is 0.157. The molecule has 4 heteroatoms. The number of aliphatic hydroxyl groups excluding tert-OH is 3. The maximum atomic E-state index is 11.6. The molecule has 11 atom stereocenters. The van der Waals surface area contributed by atoms with Crippen LogP contribution in [0.1, 0.15) is 98.3 Å². The van der Waals surface area contributed by atoms with Crippen molar-refractivity contribution < 1.29 is 20.4 Å². The van der Waals surface area contributed by atoms with E-state index in [4.69, 9.17) is 0 Å². The molecule has 4 N–H and O–H groups in total. The Morgan fingerprint density at radius 1 is 0.935 bits per heavy atom. The van der Waals surface area contributed by atoms with Gasteiger partial charge in [-0.25, -0.2) is 0 Å². The monoisotopic (exact) mass is 436 g/mol. The lowest BCUT2D eigenvalue weighted by atomic mass is 9.43. The smallest absolute Gasteiger partial charge is 0.0653 e. The predicted octanol–water partition coefficient (Wildman–Crippen LogP) is 4.53. The summed E-state index contributed by atoms with van der Waals surface area (Å²) in [5.41, 5.74) is -0.339. The zero-order valence-corrected chi connectivity index (χ0v) is 20.4. The van der Waals surface area contributed by atoms with Gasteiger partial charge in [-0.2, -0.15) is 0 Å². The topological polar surface area (TPSA) is 80.9 Å². The van der Waals surface area contributed by atoms with Crippen LogP contribution in [0.15, 0.2) is 0 Å². The Morgan fingerprint density at radius 3 is 2.32 bits per heavy atom. The summed E-state index contributed by atoms with van der Waals surface area (Å²) in [6.45, 7) is 9.23. The minimum Gasteiger partial charge on any atom is -0.396 e. The van der Waals surface area contributed by atoms with E-state index in [1.807, 2.05) is 0 Å². The highest BCUT2D eigenvalue weighted by Gasteiger charge is 2.63. The molecule has 4 aliphatic carbocycles. The Bertz CT molecular complexity index is 635. The van der Waals surface area contributed by atoms with E-state index in [9.17, 15) is 20.4 Å². The van der Waals surface area contributed by atoms with Gasteiger partial charge in [0.15, 0.2) is 0 Å². The first kappa shape index (κ1) is 24.0. The van der Waals surface area contributed by atoms with Crippen molar-refractivity contribution in [3.63, 3.8) is 0 Å². The lowest BCUT2D eigenvalue weighted by Gasteiger charge is -2.62. The zero-order chi connectivity index (χ0) is 22.6. The summed E-state index contributed by atoms with van der Waals surface area (Å²) in [6.07, 6.45) is 10.5. The molecule has 0 aromatic heterocycles. The van der Waals surface area contributed by atoms with E-state index < -0.39 is 5.60 Å². The quantitative estimate of drug-likeness (QED) is 0.493. The van der Waals surface area contributed by atoms with Crippen LogP contribution in [0.2, 0.25) is 0 Å². The molecule has 0 saturated heterocycles. The molecule has 4 fully saturated rings. The number of rotatable bonds is 6. The van der Waals surface area contributed by atoms with E-state index in [0.29, 0.717) is 29.6 Å². The van der Waals surface area contributed by atoms with Crippen LogP contribution in [-0.4, -0.2) is 44.8 Å². The highest BCUT2D eigenvalue weighted by atomic mass is 16.3. The van der Waals surface area contributed by atoms with Crippen LogP contribution in [0.25, 0.3) is 0 Å². The number of hydrogen-bond donors (Lipinski definition) is 4. The zero-order valence-electron chi connectivity index (χ0n) is 20.4. The van der Waals surface area contributed by atoms with Crippen LogP contribution in [0.5, 0.6) is 0 Å². The molecule has 0 aliphatic heterocycles. The average Bonchev–Trinajstić information content (AvgIpc) is 3.07. The molecule has 0 aromatic rings. The van der Waals surface area contributed by atoms with E-state index in [0.717, 1.165) is 51.4 Å². The summed E-state index contributed by atoms with van der Waals surface area (Å²) in [5.74, 6) is 2.69. The lowest BCUT2D eigenvalue weighted by molar-refractivity contribution is -0.179. The Kier molecular flexibility index (Phi) is 6.62. The maximum absolute atomic E-state index is 11.6. The molecule has 0 amide bonds. The molecule has 0 radical (unpaired) electrons. The van der Waals surface area contributed by atoms with Crippen molar-refractivity contribution in [1.82, 2.24) is 0 Å². The van der Waals surface area contributed by atoms with Crippen molar-refractivity contribution in [3.8, 4) is 0 Å². The molecule has 4 saturated carbocycles. The Labute approximate surface area is 189 Å². The summed E-state index contributed by atoms with van der Waals surface area (Å²) in [4.78, 5) is 0. The Balaban J connectivity index is 1.50. The van der Waals surface area contributed by atoms with Gasteiger partial charge in [0.1, 0.15) is 0 Å². The van der Waals surface area contributed by atoms with Gasteiger partial charge in [0.05, 0.1) is 17.8 Å². The molecule has 0 aromatic carbocycles. The van der Waals surface area contributed by atoms with Crippen molar-refractivity contribution in [2.24, 2.45) is 46.3 Å². The van der Waals surface area contributed by atoms with E-state index in [1.165, 1.54) is 19.3 Å². The van der Waals surface area contributed by atoms with Gasteiger partial charge < -0.3 is 20.4 Å². The largest absolute Gasteiger partial charge is 0.396 e. The van der Waals surface area contributed by atoms with Gasteiger partial charge in [0.25, 0.3) is 0 Å². The van der Waals surface area contributed by atoms with E-state index in [-0.39, 0.29) is 35.6 Å².